The first kappa shape index (κ1) is 18.3. The van der Waals surface area contributed by atoms with Gasteiger partial charge in [-0.2, -0.15) is 0 Å². The van der Waals surface area contributed by atoms with Gasteiger partial charge in [0.2, 0.25) is 5.91 Å². The van der Waals surface area contributed by atoms with Gasteiger partial charge in [0.25, 0.3) is 0 Å². The lowest BCUT2D eigenvalue weighted by Crippen LogP contribution is -2.38. The quantitative estimate of drug-likeness (QED) is 0.855. The fourth-order valence-electron chi connectivity index (χ4n) is 3.17. The molecule has 7 heteroatoms. The van der Waals surface area contributed by atoms with Crippen LogP contribution in [0, 0.1) is 5.92 Å². The molecule has 1 aliphatic rings. The molecule has 1 atom stereocenters. The molecule has 1 aromatic heterocycles. The number of amides is 1. The number of hydrogen-bond donors (Lipinski definition) is 1. The van der Waals surface area contributed by atoms with Gasteiger partial charge >= 0.3 is 0 Å². The maximum absolute atomic E-state index is 12.8. The van der Waals surface area contributed by atoms with Gasteiger partial charge in [-0.3, -0.25) is 4.79 Å². The Morgan fingerprint density at radius 1 is 1.23 bits per heavy atom. The maximum Gasteiger partial charge on any atom is 0.224 e. The van der Waals surface area contributed by atoms with Crippen molar-refractivity contribution in [1.29, 1.82) is 0 Å². The van der Waals surface area contributed by atoms with E-state index in [4.69, 9.17) is 14.2 Å². The predicted octanol–water partition coefficient (Wildman–Crippen LogP) is 2.07. The molecule has 1 N–H and O–H groups in total. The fraction of sp³-hybridized carbons (Fsp3) is 0.474. The largest absolute Gasteiger partial charge is 0.497 e. The molecular weight excluding hydrogens is 334 g/mol. The summed E-state index contributed by atoms with van der Waals surface area (Å²) < 4.78 is 18.0. The number of ether oxygens (including phenoxy) is 3. The molecule has 140 valence electrons. The summed E-state index contributed by atoms with van der Waals surface area (Å²) in [6.07, 6.45) is 5.06. The van der Waals surface area contributed by atoms with Crippen molar-refractivity contribution in [3.63, 3.8) is 0 Å². The van der Waals surface area contributed by atoms with E-state index < -0.39 is 6.04 Å². The van der Waals surface area contributed by atoms with Crippen LogP contribution in [0.25, 0.3) is 0 Å². The van der Waals surface area contributed by atoms with Crippen molar-refractivity contribution < 1.29 is 19.0 Å². The maximum atomic E-state index is 12.8. The number of benzene rings is 1. The number of aryl methyl sites for hydroxylation is 1. The highest BCUT2D eigenvalue weighted by molar-refractivity contribution is 5.79. The first-order valence-corrected chi connectivity index (χ1v) is 8.70. The summed E-state index contributed by atoms with van der Waals surface area (Å²) in [6.45, 7) is 1.25. The minimum atomic E-state index is -0.394. The second kappa shape index (κ2) is 8.23. The summed E-state index contributed by atoms with van der Waals surface area (Å²) in [7, 11) is 5.12. The van der Waals surface area contributed by atoms with Gasteiger partial charge < -0.3 is 24.1 Å². The molecule has 7 nitrogen and oxygen atoms in total. The van der Waals surface area contributed by atoms with E-state index in [0.717, 1.165) is 24.2 Å². The molecule has 2 heterocycles. The zero-order valence-corrected chi connectivity index (χ0v) is 15.4. The van der Waals surface area contributed by atoms with Crippen LogP contribution in [0.3, 0.4) is 0 Å². The normalized spacial score (nSPS) is 16.1. The van der Waals surface area contributed by atoms with Crippen LogP contribution in [0.4, 0.5) is 0 Å². The van der Waals surface area contributed by atoms with Crippen LogP contribution in [0.1, 0.15) is 30.3 Å². The van der Waals surface area contributed by atoms with Crippen LogP contribution in [0.2, 0.25) is 0 Å². The summed E-state index contributed by atoms with van der Waals surface area (Å²) in [5.74, 6) is 2.06. The lowest BCUT2D eigenvalue weighted by molar-refractivity contribution is -0.128. The molecule has 1 saturated heterocycles. The molecule has 1 aliphatic heterocycles. The molecule has 2 aromatic rings. The summed E-state index contributed by atoms with van der Waals surface area (Å²) in [6, 6.07) is 5.20. The van der Waals surface area contributed by atoms with Crippen molar-refractivity contribution in [3.8, 4) is 11.5 Å². The first-order chi connectivity index (χ1) is 12.6. The molecule has 0 aliphatic carbocycles. The third-order valence-corrected chi connectivity index (χ3v) is 4.70. The average Bonchev–Trinajstić information content (AvgIpc) is 3.11. The molecule has 0 saturated carbocycles. The van der Waals surface area contributed by atoms with E-state index >= 15 is 0 Å². The summed E-state index contributed by atoms with van der Waals surface area (Å²) in [5, 5.41) is 3.16. The Balaban J connectivity index is 1.94. The smallest absolute Gasteiger partial charge is 0.224 e. The Morgan fingerprint density at radius 2 is 1.88 bits per heavy atom. The third-order valence-electron chi connectivity index (χ3n) is 4.70. The van der Waals surface area contributed by atoms with Crippen LogP contribution in [-0.4, -0.2) is 42.9 Å². The van der Waals surface area contributed by atoms with E-state index in [1.165, 1.54) is 0 Å². The molecule has 1 aromatic carbocycles. The van der Waals surface area contributed by atoms with Gasteiger partial charge in [0.15, 0.2) is 0 Å². The van der Waals surface area contributed by atoms with E-state index in [1.54, 1.807) is 26.5 Å². The third kappa shape index (κ3) is 3.99. The first-order valence-electron chi connectivity index (χ1n) is 8.70. The van der Waals surface area contributed by atoms with Crippen molar-refractivity contribution in [2.24, 2.45) is 13.0 Å². The van der Waals surface area contributed by atoms with Crippen LogP contribution in [-0.2, 0) is 16.6 Å². The zero-order chi connectivity index (χ0) is 18.5. The highest BCUT2D eigenvalue weighted by Gasteiger charge is 2.27. The number of rotatable bonds is 6. The topological polar surface area (TPSA) is 74.6 Å². The summed E-state index contributed by atoms with van der Waals surface area (Å²) in [4.78, 5) is 17.3. The van der Waals surface area contributed by atoms with Crippen LogP contribution < -0.4 is 14.8 Å². The standard InChI is InChI=1S/C19H25N3O4/c1-22-7-6-20-18(22)17(21-19(23)13-4-8-26-9-5-13)14-10-15(24-2)12-16(11-14)25-3/h6-7,10-13,17H,4-5,8-9H2,1-3H3,(H,21,23). The SMILES string of the molecule is COc1cc(OC)cc(C(NC(=O)C2CCOCC2)c2nccn2C)c1. The van der Waals surface area contributed by atoms with E-state index in [0.29, 0.717) is 24.7 Å². The molecule has 0 bridgehead atoms. The second-order valence-corrected chi connectivity index (χ2v) is 6.37. The summed E-state index contributed by atoms with van der Waals surface area (Å²) in [5.41, 5.74) is 0.857. The molecule has 1 amide bonds. The van der Waals surface area contributed by atoms with Crippen LogP contribution in [0.5, 0.6) is 11.5 Å². The number of methoxy groups -OCH3 is 2. The number of carbonyl (C=O) groups is 1. The second-order valence-electron chi connectivity index (χ2n) is 6.37. The van der Waals surface area contributed by atoms with Gasteiger partial charge in [-0.15, -0.1) is 0 Å². The molecule has 1 unspecified atom stereocenters. The minimum Gasteiger partial charge on any atom is -0.497 e. The Bertz CT molecular complexity index is 731. The highest BCUT2D eigenvalue weighted by atomic mass is 16.5. The van der Waals surface area contributed by atoms with Gasteiger partial charge in [-0.1, -0.05) is 0 Å². The minimum absolute atomic E-state index is 0.0167. The zero-order valence-electron chi connectivity index (χ0n) is 15.4. The van der Waals surface area contributed by atoms with Gasteiger partial charge in [0, 0.05) is 44.6 Å². The highest BCUT2D eigenvalue weighted by Crippen LogP contribution is 2.30. The molecule has 26 heavy (non-hydrogen) atoms. The average molecular weight is 359 g/mol. The predicted molar refractivity (Wildman–Crippen MR) is 96.3 cm³/mol. The van der Waals surface area contributed by atoms with Crippen molar-refractivity contribution in [3.05, 3.63) is 42.0 Å². The van der Waals surface area contributed by atoms with Gasteiger partial charge in [-0.25, -0.2) is 4.98 Å². The Hall–Kier alpha value is -2.54. The number of carbonyl (C=O) groups excluding carboxylic acids is 1. The van der Waals surface area contributed by atoms with Crippen LogP contribution in [0.15, 0.2) is 30.6 Å². The summed E-state index contributed by atoms with van der Waals surface area (Å²) >= 11 is 0. The van der Waals surface area contributed by atoms with Gasteiger partial charge in [0.1, 0.15) is 23.4 Å². The molecule has 3 rings (SSSR count). The Labute approximate surface area is 153 Å². The molecular formula is C19H25N3O4. The van der Waals surface area contributed by atoms with E-state index in [1.807, 2.05) is 29.9 Å². The van der Waals surface area contributed by atoms with Crippen molar-refractivity contribution in [2.45, 2.75) is 18.9 Å². The van der Waals surface area contributed by atoms with Crippen molar-refractivity contribution >= 4 is 5.91 Å². The van der Waals surface area contributed by atoms with Gasteiger partial charge in [0.05, 0.1) is 14.2 Å². The van der Waals surface area contributed by atoms with E-state index in [2.05, 4.69) is 10.3 Å². The number of nitrogens with zero attached hydrogens (tertiary/aromatic N) is 2. The lowest BCUT2D eigenvalue weighted by atomic mass is 9.97. The number of nitrogens with one attached hydrogen (secondary N) is 1. The molecule has 0 radical (unpaired) electrons. The fourth-order valence-corrected chi connectivity index (χ4v) is 3.17. The van der Waals surface area contributed by atoms with Crippen LogP contribution >= 0.6 is 0 Å². The van der Waals surface area contributed by atoms with E-state index in [-0.39, 0.29) is 11.8 Å². The Kier molecular flexibility index (Phi) is 5.78. The number of aromatic nitrogens is 2. The Morgan fingerprint density at radius 3 is 2.42 bits per heavy atom. The monoisotopic (exact) mass is 359 g/mol. The molecule has 0 spiro atoms. The van der Waals surface area contributed by atoms with Gasteiger partial charge in [-0.05, 0) is 30.5 Å². The number of imidazole rings is 1. The molecule has 1 fully saturated rings. The van der Waals surface area contributed by atoms with E-state index in [9.17, 15) is 4.79 Å². The van der Waals surface area contributed by atoms with Crippen molar-refractivity contribution in [1.82, 2.24) is 14.9 Å². The van der Waals surface area contributed by atoms with Crippen molar-refractivity contribution in [2.75, 3.05) is 27.4 Å². The lowest BCUT2D eigenvalue weighted by Gasteiger charge is -2.25. The number of hydrogen-bond acceptors (Lipinski definition) is 5.